The minimum absolute atomic E-state index is 0.120. The van der Waals surface area contributed by atoms with Gasteiger partial charge in [-0.1, -0.05) is 13.0 Å². The lowest BCUT2D eigenvalue weighted by Gasteiger charge is -2.11. The molecule has 0 fully saturated rings. The van der Waals surface area contributed by atoms with Crippen molar-refractivity contribution in [1.29, 1.82) is 0 Å². The number of carbonyl (C=O) groups is 1. The van der Waals surface area contributed by atoms with Crippen LogP contribution in [0.5, 0.6) is 0 Å². The summed E-state index contributed by atoms with van der Waals surface area (Å²) in [6.45, 7) is 3.27. The Morgan fingerprint density at radius 1 is 1.29 bits per heavy atom. The van der Waals surface area contributed by atoms with Crippen LogP contribution in [0.2, 0.25) is 0 Å². The zero-order valence-corrected chi connectivity index (χ0v) is 16.1. The lowest BCUT2D eigenvalue weighted by molar-refractivity contribution is 0.100. The predicted octanol–water partition coefficient (Wildman–Crippen LogP) is 4.34. The van der Waals surface area contributed by atoms with Gasteiger partial charge in [-0.25, -0.2) is 13.8 Å². The smallest absolute Gasteiger partial charge is 0.251 e. The van der Waals surface area contributed by atoms with Crippen LogP contribution in [0.3, 0.4) is 0 Å². The third-order valence-corrected chi connectivity index (χ3v) is 5.35. The number of aliphatic hydroxyl groups is 1. The van der Waals surface area contributed by atoms with Crippen molar-refractivity contribution in [3.8, 4) is 10.4 Å². The van der Waals surface area contributed by atoms with Gasteiger partial charge in [-0.15, -0.1) is 11.3 Å². The Morgan fingerprint density at radius 3 is 2.54 bits per heavy atom. The molecule has 2 heterocycles. The van der Waals surface area contributed by atoms with Crippen LogP contribution in [0, 0.1) is 18.6 Å². The Balaban J connectivity index is 2.05. The van der Waals surface area contributed by atoms with Gasteiger partial charge in [0.2, 0.25) is 0 Å². The third kappa shape index (κ3) is 4.02. The second-order valence-corrected chi connectivity index (χ2v) is 7.50. The van der Waals surface area contributed by atoms with E-state index in [-0.39, 0.29) is 22.6 Å². The lowest BCUT2D eigenvalue weighted by atomic mass is 9.99. The predicted molar refractivity (Wildman–Crippen MR) is 106 cm³/mol. The standard InChI is InChI=1S/C20H19F2N3O2S/c1-10(9-26)12-6-14(21)18(15(22)7-12)16-8-13(19(23)27)20(28-16)25-17-5-3-4-11(2)24-17/h3-8,10,26H,9H2,1-2H3,(H2,23,27)(H,24,25). The van der Waals surface area contributed by atoms with E-state index in [4.69, 9.17) is 5.73 Å². The summed E-state index contributed by atoms with van der Waals surface area (Å²) < 4.78 is 29.3. The molecule has 1 atom stereocenters. The Kier molecular flexibility index (Phi) is 5.71. The van der Waals surface area contributed by atoms with E-state index in [1.807, 2.05) is 13.0 Å². The minimum Gasteiger partial charge on any atom is -0.396 e. The summed E-state index contributed by atoms with van der Waals surface area (Å²) in [5, 5.41) is 12.6. The number of pyridine rings is 1. The number of aryl methyl sites for hydroxylation is 1. The average Bonchev–Trinajstić information content (AvgIpc) is 3.04. The Labute approximate surface area is 164 Å². The number of aromatic nitrogens is 1. The van der Waals surface area contributed by atoms with E-state index in [0.717, 1.165) is 17.0 Å². The molecule has 1 unspecified atom stereocenters. The third-order valence-electron chi connectivity index (χ3n) is 4.28. The van der Waals surface area contributed by atoms with Gasteiger partial charge in [0.1, 0.15) is 22.5 Å². The van der Waals surface area contributed by atoms with Gasteiger partial charge in [-0.2, -0.15) is 0 Å². The molecule has 3 aromatic rings. The van der Waals surface area contributed by atoms with Crippen molar-refractivity contribution < 1.29 is 18.7 Å². The molecule has 8 heteroatoms. The Bertz CT molecular complexity index is 1010. The van der Waals surface area contributed by atoms with Crippen molar-refractivity contribution in [2.24, 2.45) is 5.73 Å². The fourth-order valence-electron chi connectivity index (χ4n) is 2.74. The number of rotatable bonds is 6. The largest absolute Gasteiger partial charge is 0.396 e. The molecule has 0 bridgehead atoms. The van der Waals surface area contributed by atoms with E-state index in [2.05, 4.69) is 10.3 Å². The highest BCUT2D eigenvalue weighted by atomic mass is 32.1. The molecule has 1 amide bonds. The molecule has 4 N–H and O–H groups in total. The second-order valence-electron chi connectivity index (χ2n) is 6.45. The van der Waals surface area contributed by atoms with Crippen molar-refractivity contribution >= 4 is 28.1 Å². The molecule has 0 aliphatic carbocycles. The molecule has 0 radical (unpaired) electrons. The molecule has 0 saturated carbocycles. The van der Waals surface area contributed by atoms with Crippen LogP contribution in [0.15, 0.2) is 36.4 Å². The number of hydrogen-bond acceptors (Lipinski definition) is 5. The van der Waals surface area contributed by atoms with E-state index < -0.39 is 23.5 Å². The van der Waals surface area contributed by atoms with Gasteiger partial charge in [0.05, 0.1) is 11.1 Å². The fourth-order valence-corrected chi connectivity index (χ4v) is 3.86. The van der Waals surface area contributed by atoms with Crippen LogP contribution in [0.25, 0.3) is 10.4 Å². The van der Waals surface area contributed by atoms with Gasteiger partial charge in [0.15, 0.2) is 0 Å². The fraction of sp³-hybridized carbons (Fsp3) is 0.200. The summed E-state index contributed by atoms with van der Waals surface area (Å²) in [6, 6.07) is 9.07. The first-order valence-corrected chi connectivity index (χ1v) is 9.36. The van der Waals surface area contributed by atoms with Crippen LogP contribution < -0.4 is 11.1 Å². The lowest BCUT2D eigenvalue weighted by Crippen LogP contribution is -2.11. The van der Waals surface area contributed by atoms with E-state index >= 15 is 0 Å². The second kappa shape index (κ2) is 8.04. The number of halogens is 2. The molecule has 146 valence electrons. The number of thiophene rings is 1. The summed E-state index contributed by atoms with van der Waals surface area (Å²) in [6.07, 6.45) is 0. The van der Waals surface area contributed by atoms with E-state index in [0.29, 0.717) is 16.4 Å². The summed E-state index contributed by atoms with van der Waals surface area (Å²) >= 11 is 1.01. The summed E-state index contributed by atoms with van der Waals surface area (Å²) in [4.78, 5) is 16.4. The van der Waals surface area contributed by atoms with Crippen molar-refractivity contribution in [3.05, 3.63) is 64.9 Å². The molecule has 0 saturated heterocycles. The highest BCUT2D eigenvalue weighted by Crippen LogP contribution is 2.39. The van der Waals surface area contributed by atoms with Crippen LogP contribution in [0.4, 0.5) is 19.6 Å². The van der Waals surface area contributed by atoms with Crippen molar-refractivity contribution in [3.63, 3.8) is 0 Å². The maximum absolute atomic E-state index is 14.7. The van der Waals surface area contributed by atoms with Gasteiger partial charge in [-0.3, -0.25) is 4.79 Å². The topological polar surface area (TPSA) is 88.2 Å². The summed E-state index contributed by atoms with van der Waals surface area (Å²) in [7, 11) is 0. The number of hydrogen-bond donors (Lipinski definition) is 3. The normalized spacial score (nSPS) is 12.0. The van der Waals surface area contributed by atoms with Gasteiger partial charge in [0, 0.05) is 23.1 Å². The van der Waals surface area contributed by atoms with Crippen molar-refractivity contribution in [2.45, 2.75) is 19.8 Å². The van der Waals surface area contributed by atoms with E-state index in [1.54, 1.807) is 19.1 Å². The number of benzene rings is 1. The summed E-state index contributed by atoms with van der Waals surface area (Å²) in [5.74, 6) is -2.17. The molecule has 28 heavy (non-hydrogen) atoms. The van der Waals surface area contributed by atoms with E-state index in [9.17, 15) is 18.7 Å². The molecule has 0 spiro atoms. The molecule has 0 aliphatic rings. The number of amides is 1. The number of nitrogens with two attached hydrogens (primary N) is 1. The van der Waals surface area contributed by atoms with Gasteiger partial charge in [0.25, 0.3) is 5.91 Å². The van der Waals surface area contributed by atoms with Crippen molar-refractivity contribution in [2.75, 3.05) is 11.9 Å². The van der Waals surface area contributed by atoms with Crippen molar-refractivity contribution in [1.82, 2.24) is 4.98 Å². The average molecular weight is 403 g/mol. The van der Waals surface area contributed by atoms with Crippen LogP contribution in [-0.2, 0) is 0 Å². The van der Waals surface area contributed by atoms with Crippen LogP contribution >= 0.6 is 11.3 Å². The number of nitrogens with zero attached hydrogens (tertiary/aromatic N) is 1. The van der Waals surface area contributed by atoms with Crippen LogP contribution in [0.1, 0.15) is 34.5 Å². The van der Waals surface area contributed by atoms with Gasteiger partial charge < -0.3 is 16.2 Å². The number of aliphatic hydroxyl groups excluding tert-OH is 1. The quantitative estimate of drug-likeness (QED) is 0.571. The molecule has 1 aromatic carbocycles. The number of anilines is 2. The van der Waals surface area contributed by atoms with Gasteiger partial charge >= 0.3 is 0 Å². The SMILES string of the molecule is Cc1cccc(Nc2sc(-c3c(F)cc(C(C)CO)cc3F)cc2C(N)=O)n1. The molecule has 0 aliphatic heterocycles. The maximum atomic E-state index is 14.7. The zero-order valence-electron chi connectivity index (χ0n) is 15.3. The van der Waals surface area contributed by atoms with Crippen LogP contribution in [-0.4, -0.2) is 22.6 Å². The highest BCUT2D eigenvalue weighted by molar-refractivity contribution is 7.20. The highest BCUT2D eigenvalue weighted by Gasteiger charge is 2.21. The minimum atomic E-state index is -0.771. The number of nitrogens with one attached hydrogen (secondary N) is 1. The zero-order chi connectivity index (χ0) is 20.4. The first kappa shape index (κ1) is 19.9. The number of primary amides is 1. The number of carbonyl (C=O) groups excluding carboxylic acids is 1. The summed E-state index contributed by atoms with van der Waals surface area (Å²) in [5.41, 5.74) is 6.44. The molecule has 2 aromatic heterocycles. The first-order valence-electron chi connectivity index (χ1n) is 8.54. The monoisotopic (exact) mass is 403 g/mol. The Hall–Kier alpha value is -2.84. The Morgan fingerprint density at radius 2 is 1.96 bits per heavy atom. The van der Waals surface area contributed by atoms with Gasteiger partial charge in [-0.05, 0) is 42.8 Å². The molecule has 3 rings (SSSR count). The molecular formula is C20H19F2N3O2S. The maximum Gasteiger partial charge on any atom is 0.251 e. The van der Waals surface area contributed by atoms with E-state index in [1.165, 1.54) is 18.2 Å². The molecular weight excluding hydrogens is 384 g/mol. The molecule has 5 nitrogen and oxygen atoms in total. The first-order chi connectivity index (χ1) is 13.3.